The fourth-order valence-corrected chi connectivity index (χ4v) is 2.06. The molecule has 0 fully saturated rings. The van der Waals surface area contributed by atoms with Gasteiger partial charge in [0.25, 0.3) is 5.56 Å². The van der Waals surface area contributed by atoms with Crippen LogP contribution in [0.4, 0.5) is 0 Å². The van der Waals surface area contributed by atoms with Gasteiger partial charge in [0.05, 0.1) is 5.56 Å². The van der Waals surface area contributed by atoms with Crippen molar-refractivity contribution in [3.63, 3.8) is 0 Å². The molecule has 0 aliphatic heterocycles. The number of H-pyrrole nitrogens is 1. The molecule has 0 atom stereocenters. The molecule has 1 aromatic heterocycles. The maximum absolute atomic E-state index is 11.7. The largest absolute Gasteiger partial charge is 0.493 e. The Morgan fingerprint density at radius 3 is 2.71 bits per heavy atom. The molecule has 0 unspecified atom stereocenters. The zero-order valence-corrected chi connectivity index (χ0v) is 10.8. The summed E-state index contributed by atoms with van der Waals surface area (Å²) in [5.41, 5.74) is 0.745. The topological polar surface area (TPSA) is 66.0 Å². The molecule has 2 rings (SSSR count). The highest BCUT2D eigenvalue weighted by Crippen LogP contribution is 2.25. The van der Waals surface area contributed by atoms with Gasteiger partial charge in [0, 0.05) is 10.0 Å². The minimum absolute atomic E-state index is 0.206. The Kier molecular flexibility index (Phi) is 3.28. The minimum Gasteiger partial charge on any atom is -0.493 e. The van der Waals surface area contributed by atoms with E-state index in [2.05, 4.69) is 25.9 Å². The average Bonchev–Trinajstić information content (AvgIpc) is 2.29. The number of hydrogen-bond acceptors (Lipinski definition) is 3. The van der Waals surface area contributed by atoms with Crippen molar-refractivity contribution in [2.24, 2.45) is 0 Å². The van der Waals surface area contributed by atoms with Gasteiger partial charge in [0.2, 0.25) is 5.88 Å². The number of benzene rings is 1. The van der Waals surface area contributed by atoms with E-state index in [0.717, 1.165) is 10.0 Å². The molecule has 1 aromatic carbocycles. The van der Waals surface area contributed by atoms with Crippen LogP contribution in [0.3, 0.4) is 0 Å². The lowest BCUT2D eigenvalue weighted by Gasteiger charge is -2.06. The maximum Gasteiger partial charge on any atom is 0.258 e. The van der Waals surface area contributed by atoms with Gasteiger partial charge in [-0.15, -0.1) is 0 Å². The zero-order valence-electron chi connectivity index (χ0n) is 9.20. The van der Waals surface area contributed by atoms with Gasteiger partial charge < -0.3 is 10.1 Å². The Bertz CT molecular complexity index is 608. The summed E-state index contributed by atoms with van der Waals surface area (Å²) in [6, 6.07) is 7.37. The average molecular weight is 295 g/mol. The molecule has 88 valence electrons. The highest BCUT2D eigenvalue weighted by Gasteiger charge is 2.11. The van der Waals surface area contributed by atoms with Crippen LogP contribution >= 0.6 is 15.9 Å². The Hall–Kier alpha value is -1.62. The first-order valence-corrected chi connectivity index (χ1v) is 5.99. The third kappa shape index (κ3) is 2.24. The lowest BCUT2D eigenvalue weighted by Crippen LogP contribution is -2.14. The monoisotopic (exact) mass is 294 g/mol. The summed E-state index contributed by atoms with van der Waals surface area (Å²) in [6.45, 7) is 1.80. The summed E-state index contributed by atoms with van der Waals surface area (Å²) in [7, 11) is 0. The predicted molar refractivity (Wildman–Crippen MR) is 69.0 cm³/mol. The van der Waals surface area contributed by atoms with Gasteiger partial charge in [-0.25, -0.2) is 0 Å². The van der Waals surface area contributed by atoms with Crippen LogP contribution in [0.15, 0.2) is 33.5 Å². The van der Waals surface area contributed by atoms with Crippen molar-refractivity contribution in [1.29, 1.82) is 0 Å². The van der Waals surface area contributed by atoms with E-state index in [1.807, 2.05) is 24.3 Å². The van der Waals surface area contributed by atoms with E-state index >= 15 is 0 Å². The molecule has 0 spiro atoms. The van der Waals surface area contributed by atoms with Gasteiger partial charge in [-0.3, -0.25) is 4.79 Å². The number of rotatable bonds is 2. The number of aromatic amines is 1. The Morgan fingerprint density at radius 2 is 2.12 bits per heavy atom. The van der Waals surface area contributed by atoms with E-state index < -0.39 is 0 Å². The molecule has 0 saturated carbocycles. The van der Waals surface area contributed by atoms with Gasteiger partial charge in [0.15, 0.2) is 0 Å². The van der Waals surface area contributed by atoms with Crippen molar-refractivity contribution >= 4 is 15.9 Å². The second-order valence-corrected chi connectivity index (χ2v) is 4.40. The summed E-state index contributed by atoms with van der Waals surface area (Å²) < 4.78 is 0.812. The number of hydrogen-bond donors (Lipinski definition) is 2. The number of halogens is 1. The number of aromatic nitrogens is 2. The van der Waals surface area contributed by atoms with Crippen molar-refractivity contribution in [2.45, 2.75) is 13.3 Å². The van der Waals surface area contributed by atoms with Crippen LogP contribution in [0.25, 0.3) is 11.4 Å². The number of nitrogens with one attached hydrogen (secondary N) is 1. The van der Waals surface area contributed by atoms with E-state index in [1.165, 1.54) is 0 Å². The van der Waals surface area contributed by atoms with Crippen molar-refractivity contribution in [3.05, 3.63) is 44.7 Å². The SMILES string of the molecule is CCc1c(O)nc(-c2ccccc2Br)[nH]c1=O. The molecule has 0 aliphatic rings. The van der Waals surface area contributed by atoms with E-state index in [-0.39, 0.29) is 11.4 Å². The van der Waals surface area contributed by atoms with Crippen molar-refractivity contribution in [3.8, 4) is 17.3 Å². The molecule has 0 saturated heterocycles. The normalized spacial score (nSPS) is 10.5. The van der Waals surface area contributed by atoms with Crippen LogP contribution in [-0.4, -0.2) is 15.1 Å². The molecular weight excluding hydrogens is 284 g/mol. The standard InChI is InChI=1S/C12H11BrN2O2/c1-2-7-11(16)14-10(15-12(7)17)8-5-3-4-6-9(8)13/h3-6H,2H2,1H3,(H2,14,15,16,17). The molecule has 0 aliphatic carbocycles. The van der Waals surface area contributed by atoms with Gasteiger partial charge in [-0.05, 0) is 12.5 Å². The van der Waals surface area contributed by atoms with E-state index in [4.69, 9.17) is 0 Å². The fourth-order valence-electron chi connectivity index (χ4n) is 1.59. The summed E-state index contributed by atoms with van der Waals surface area (Å²) in [5.74, 6) is 0.152. The van der Waals surface area contributed by atoms with Gasteiger partial charge in [0.1, 0.15) is 5.82 Å². The number of nitrogens with zero attached hydrogens (tertiary/aromatic N) is 1. The van der Waals surface area contributed by atoms with Gasteiger partial charge >= 0.3 is 0 Å². The smallest absolute Gasteiger partial charge is 0.258 e. The van der Waals surface area contributed by atoms with Crippen molar-refractivity contribution in [2.75, 3.05) is 0 Å². The van der Waals surface area contributed by atoms with Gasteiger partial charge in [-0.1, -0.05) is 41.1 Å². The Morgan fingerprint density at radius 1 is 1.41 bits per heavy atom. The lowest BCUT2D eigenvalue weighted by atomic mass is 10.2. The first-order valence-electron chi connectivity index (χ1n) is 5.20. The van der Waals surface area contributed by atoms with Crippen LogP contribution in [0.5, 0.6) is 5.88 Å². The highest BCUT2D eigenvalue weighted by molar-refractivity contribution is 9.10. The van der Waals surface area contributed by atoms with Crippen LogP contribution in [0.1, 0.15) is 12.5 Å². The Balaban J connectivity index is 2.63. The second-order valence-electron chi connectivity index (χ2n) is 3.55. The third-order valence-electron chi connectivity index (χ3n) is 2.48. The summed E-state index contributed by atoms with van der Waals surface area (Å²) >= 11 is 3.37. The molecule has 1 heterocycles. The first-order chi connectivity index (χ1) is 8.13. The molecule has 2 aromatic rings. The molecule has 4 nitrogen and oxygen atoms in total. The highest BCUT2D eigenvalue weighted by atomic mass is 79.9. The molecule has 17 heavy (non-hydrogen) atoms. The van der Waals surface area contributed by atoms with Crippen LogP contribution in [0.2, 0.25) is 0 Å². The van der Waals surface area contributed by atoms with Crippen LogP contribution in [-0.2, 0) is 6.42 Å². The van der Waals surface area contributed by atoms with Crippen LogP contribution in [0, 0.1) is 0 Å². The molecular formula is C12H11BrN2O2. The zero-order chi connectivity index (χ0) is 12.4. The molecule has 0 radical (unpaired) electrons. The first kappa shape index (κ1) is 11.9. The summed E-state index contributed by atoms with van der Waals surface area (Å²) in [6.07, 6.45) is 0.449. The predicted octanol–water partition coefficient (Wildman–Crippen LogP) is 2.47. The van der Waals surface area contributed by atoms with Gasteiger partial charge in [-0.2, -0.15) is 4.98 Å². The minimum atomic E-state index is -0.300. The van der Waals surface area contributed by atoms with E-state index in [1.54, 1.807) is 6.92 Å². The summed E-state index contributed by atoms with van der Waals surface area (Å²) in [4.78, 5) is 18.4. The Labute approximate surface area is 106 Å². The molecule has 2 N–H and O–H groups in total. The second kappa shape index (κ2) is 4.71. The fraction of sp³-hybridized carbons (Fsp3) is 0.167. The summed E-state index contributed by atoms with van der Waals surface area (Å²) in [5, 5.41) is 9.68. The maximum atomic E-state index is 11.7. The quantitative estimate of drug-likeness (QED) is 0.894. The third-order valence-corrected chi connectivity index (χ3v) is 3.17. The van der Waals surface area contributed by atoms with Crippen molar-refractivity contribution < 1.29 is 5.11 Å². The number of aromatic hydroxyl groups is 1. The molecule has 5 heteroatoms. The lowest BCUT2D eigenvalue weighted by molar-refractivity contribution is 0.444. The van der Waals surface area contributed by atoms with E-state index in [9.17, 15) is 9.90 Å². The molecule has 0 bridgehead atoms. The van der Waals surface area contributed by atoms with Crippen LogP contribution < -0.4 is 5.56 Å². The van der Waals surface area contributed by atoms with Crippen molar-refractivity contribution in [1.82, 2.24) is 9.97 Å². The molecule has 0 amide bonds. The van der Waals surface area contributed by atoms with E-state index in [0.29, 0.717) is 17.8 Å².